The van der Waals surface area contributed by atoms with Gasteiger partial charge >= 0.3 is 11.9 Å². The molecule has 0 spiro atoms. The normalized spacial score (nSPS) is 13.1. The van der Waals surface area contributed by atoms with Gasteiger partial charge in [0.25, 0.3) is 5.91 Å². The van der Waals surface area contributed by atoms with Gasteiger partial charge in [-0.3, -0.25) is 9.59 Å². The summed E-state index contributed by atoms with van der Waals surface area (Å²) in [6, 6.07) is 3.48. The molecule has 0 saturated heterocycles. The maximum atomic E-state index is 12.3. The van der Waals surface area contributed by atoms with Crippen molar-refractivity contribution in [1.29, 1.82) is 0 Å². The summed E-state index contributed by atoms with van der Waals surface area (Å²) in [6.45, 7) is 2.33. The lowest BCUT2D eigenvalue weighted by molar-refractivity contribution is -0.140. The number of furan rings is 1. The summed E-state index contributed by atoms with van der Waals surface area (Å²) in [6.07, 6.45) is 1.16. The number of nitrogens with zero attached hydrogens (tertiary/aromatic N) is 3. The number of aliphatic carboxylic acids is 2. The second kappa shape index (κ2) is 8.73. The van der Waals surface area contributed by atoms with Gasteiger partial charge in [-0.1, -0.05) is 6.92 Å². The van der Waals surface area contributed by atoms with E-state index in [1.165, 1.54) is 6.07 Å². The zero-order chi connectivity index (χ0) is 22.7. The highest BCUT2D eigenvalue weighted by Gasteiger charge is 2.24. The third-order valence-corrected chi connectivity index (χ3v) is 4.71. The first kappa shape index (κ1) is 21.6. The molecule has 164 valence electrons. The van der Waals surface area contributed by atoms with Crippen LogP contribution in [0.15, 0.2) is 28.8 Å². The number of nitrogens with two attached hydrogens (primary N) is 2. The second-order valence-corrected chi connectivity index (χ2v) is 7.07. The monoisotopic (exact) mass is 430 g/mol. The number of carbonyl (C=O) groups excluding carboxylic acids is 1. The summed E-state index contributed by atoms with van der Waals surface area (Å²) in [5.41, 5.74) is 12.8. The highest BCUT2D eigenvalue weighted by Crippen LogP contribution is 2.25. The third kappa shape index (κ3) is 4.91. The Labute approximate surface area is 175 Å². The van der Waals surface area contributed by atoms with E-state index in [1.807, 2.05) is 11.5 Å². The number of anilines is 2. The predicted molar refractivity (Wildman–Crippen MR) is 109 cm³/mol. The molecule has 0 bridgehead atoms. The highest BCUT2D eigenvalue weighted by atomic mass is 16.4. The summed E-state index contributed by atoms with van der Waals surface area (Å²) < 4.78 is 7.46. The Kier molecular flexibility index (Phi) is 6.09. The maximum Gasteiger partial charge on any atom is 0.326 e. The molecule has 1 amide bonds. The molecular weight excluding hydrogens is 408 g/mol. The van der Waals surface area contributed by atoms with Crippen LogP contribution in [-0.2, 0) is 16.1 Å². The SMILES string of the molecule is CC(Cn1ccc2nc(N)nc(N)c21)c1ccc(C(=O)N[C@H](CCC(=O)O)C(=O)O)o1. The molecular formula is C19H22N6O6. The standard InChI is InChI=1S/C19H22N6O6/c1-9(8-25-7-6-10-15(25)16(20)24-19(21)23-10)12-3-4-13(31-12)17(28)22-11(18(29)30)2-5-14(26)27/h3-4,6-7,9,11H,2,5,8H2,1H3,(H,22,28)(H,26,27)(H,29,30)(H4,20,21,23,24)/t9?,11-/m1/s1. The van der Waals surface area contributed by atoms with E-state index in [0.717, 1.165) is 0 Å². The molecule has 3 rings (SSSR count). The van der Waals surface area contributed by atoms with Crippen molar-refractivity contribution in [1.82, 2.24) is 19.9 Å². The molecule has 0 radical (unpaired) electrons. The van der Waals surface area contributed by atoms with Crippen LogP contribution in [0.4, 0.5) is 11.8 Å². The van der Waals surface area contributed by atoms with Crippen molar-refractivity contribution in [3.63, 3.8) is 0 Å². The predicted octanol–water partition coefficient (Wildman–Crippen LogP) is 1.04. The average Bonchev–Trinajstić information content (AvgIpc) is 3.32. The van der Waals surface area contributed by atoms with Crippen molar-refractivity contribution in [2.75, 3.05) is 11.5 Å². The summed E-state index contributed by atoms with van der Waals surface area (Å²) in [7, 11) is 0. The Morgan fingerprint density at radius 1 is 1.19 bits per heavy atom. The van der Waals surface area contributed by atoms with Crippen LogP contribution in [0.1, 0.15) is 42.0 Å². The van der Waals surface area contributed by atoms with E-state index in [4.69, 9.17) is 21.0 Å². The van der Waals surface area contributed by atoms with Gasteiger partial charge in [-0.05, 0) is 24.6 Å². The van der Waals surface area contributed by atoms with Gasteiger partial charge in [-0.2, -0.15) is 4.98 Å². The number of carboxylic acids is 2. The molecule has 0 aliphatic heterocycles. The molecule has 12 heteroatoms. The second-order valence-electron chi connectivity index (χ2n) is 7.07. The molecule has 0 aliphatic rings. The number of rotatable bonds is 9. The van der Waals surface area contributed by atoms with Gasteiger partial charge in [0.15, 0.2) is 11.6 Å². The lowest BCUT2D eigenvalue weighted by Gasteiger charge is -2.13. The van der Waals surface area contributed by atoms with Gasteiger partial charge < -0.3 is 36.0 Å². The van der Waals surface area contributed by atoms with Gasteiger partial charge in [-0.25, -0.2) is 9.78 Å². The van der Waals surface area contributed by atoms with Gasteiger partial charge in [0.05, 0.1) is 5.52 Å². The van der Waals surface area contributed by atoms with Crippen molar-refractivity contribution in [2.24, 2.45) is 0 Å². The number of hydrogen-bond donors (Lipinski definition) is 5. The van der Waals surface area contributed by atoms with Crippen molar-refractivity contribution in [2.45, 2.75) is 38.3 Å². The minimum Gasteiger partial charge on any atom is -0.481 e. The molecule has 0 fully saturated rings. The molecule has 3 aromatic heterocycles. The zero-order valence-corrected chi connectivity index (χ0v) is 16.6. The lowest BCUT2D eigenvalue weighted by Crippen LogP contribution is -2.41. The molecule has 0 aliphatic carbocycles. The van der Waals surface area contributed by atoms with Crippen molar-refractivity contribution >= 4 is 40.6 Å². The number of nitrogen functional groups attached to an aromatic ring is 2. The first-order chi connectivity index (χ1) is 14.7. The largest absolute Gasteiger partial charge is 0.481 e. The highest BCUT2D eigenvalue weighted by molar-refractivity contribution is 5.94. The minimum atomic E-state index is -1.34. The van der Waals surface area contributed by atoms with Crippen LogP contribution < -0.4 is 16.8 Å². The van der Waals surface area contributed by atoms with Crippen LogP contribution in [0.2, 0.25) is 0 Å². The number of amides is 1. The van der Waals surface area contributed by atoms with Crippen LogP contribution >= 0.6 is 0 Å². The van der Waals surface area contributed by atoms with Gasteiger partial charge in [0.1, 0.15) is 17.3 Å². The van der Waals surface area contributed by atoms with E-state index in [9.17, 15) is 19.5 Å². The molecule has 0 saturated carbocycles. The van der Waals surface area contributed by atoms with E-state index in [1.54, 1.807) is 18.3 Å². The summed E-state index contributed by atoms with van der Waals surface area (Å²) in [5, 5.41) is 20.2. The molecule has 7 N–H and O–H groups in total. The Bertz CT molecular complexity index is 1140. The summed E-state index contributed by atoms with van der Waals surface area (Å²) >= 11 is 0. The first-order valence-electron chi connectivity index (χ1n) is 9.38. The number of carboxylic acid groups (broad SMARTS) is 2. The molecule has 12 nitrogen and oxygen atoms in total. The zero-order valence-electron chi connectivity index (χ0n) is 16.6. The van der Waals surface area contributed by atoms with Crippen molar-refractivity contribution in [3.05, 3.63) is 35.9 Å². The Hall–Kier alpha value is -4.09. The Morgan fingerprint density at radius 2 is 1.94 bits per heavy atom. The number of carbonyl (C=O) groups is 3. The molecule has 31 heavy (non-hydrogen) atoms. The summed E-state index contributed by atoms with van der Waals surface area (Å²) in [5.74, 6) is -2.63. The van der Waals surface area contributed by atoms with Crippen LogP contribution in [0.25, 0.3) is 11.0 Å². The van der Waals surface area contributed by atoms with E-state index >= 15 is 0 Å². The fourth-order valence-corrected chi connectivity index (χ4v) is 3.19. The third-order valence-electron chi connectivity index (χ3n) is 4.71. The smallest absolute Gasteiger partial charge is 0.326 e. The number of hydrogen-bond acceptors (Lipinski definition) is 8. The van der Waals surface area contributed by atoms with E-state index < -0.39 is 23.9 Å². The molecule has 3 heterocycles. The van der Waals surface area contributed by atoms with Crippen molar-refractivity contribution < 1.29 is 29.0 Å². The molecule has 2 atom stereocenters. The Balaban J connectivity index is 1.70. The van der Waals surface area contributed by atoms with Gasteiger partial charge in [0, 0.05) is 25.1 Å². The Morgan fingerprint density at radius 3 is 2.61 bits per heavy atom. The number of fused-ring (bicyclic) bond motifs is 1. The molecule has 0 aromatic carbocycles. The quantitative estimate of drug-likeness (QED) is 0.326. The number of nitrogens with one attached hydrogen (secondary N) is 1. The summed E-state index contributed by atoms with van der Waals surface area (Å²) in [4.78, 5) is 42.4. The van der Waals surface area contributed by atoms with Crippen LogP contribution in [0.3, 0.4) is 0 Å². The molecule has 1 unspecified atom stereocenters. The van der Waals surface area contributed by atoms with Gasteiger partial charge in [-0.15, -0.1) is 0 Å². The number of aromatic nitrogens is 3. The topological polar surface area (TPSA) is 200 Å². The minimum absolute atomic E-state index is 0.0728. The van der Waals surface area contributed by atoms with Crippen molar-refractivity contribution in [3.8, 4) is 0 Å². The van der Waals surface area contributed by atoms with E-state index in [0.29, 0.717) is 23.3 Å². The van der Waals surface area contributed by atoms with Crippen LogP contribution in [0, 0.1) is 0 Å². The van der Waals surface area contributed by atoms with Crippen LogP contribution in [-0.4, -0.2) is 48.6 Å². The van der Waals surface area contributed by atoms with E-state index in [2.05, 4.69) is 15.3 Å². The van der Waals surface area contributed by atoms with Crippen LogP contribution in [0.5, 0.6) is 0 Å². The fraction of sp³-hybridized carbons (Fsp3) is 0.316. The van der Waals surface area contributed by atoms with E-state index in [-0.39, 0.29) is 36.3 Å². The lowest BCUT2D eigenvalue weighted by atomic mass is 10.1. The van der Waals surface area contributed by atoms with Gasteiger partial charge in [0.2, 0.25) is 5.95 Å². The maximum absolute atomic E-state index is 12.3. The first-order valence-corrected chi connectivity index (χ1v) is 9.38. The molecule has 3 aromatic rings. The fourth-order valence-electron chi connectivity index (χ4n) is 3.19. The average molecular weight is 430 g/mol.